The summed E-state index contributed by atoms with van der Waals surface area (Å²) in [6, 6.07) is 13.0. The smallest absolute Gasteiger partial charge is 0.262 e. The van der Waals surface area contributed by atoms with Crippen molar-refractivity contribution in [1.29, 1.82) is 0 Å². The van der Waals surface area contributed by atoms with Gasteiger partial charge in [0, 0.05) is 24.5 Å². The van der Waals surface area contributed by atoms with Gasteiger partial charge in [0.25, 0.3) is 5.56 Å². The Bertz CT molecular complexity index is 1220. The number of carbonyl (C=O) groups excluding carboxylic acids is 1. The maximum atomic E-state index is 13.0. The number of aromatic amines is 1. The molecule has 8 heteroatoms. The Balaban J connectivity index is 1.50. The van der Waals surface area contributed by atoms with Crippen molar-refractivity contribution in [2.45, 2.75) is 38.8 Å². The Hall–Kier alpha value is -2.64. The number of amides is 1. The zero-order valence-corrected chi connectivity index (χ0v) is 18.8. The average Bonchev–Trinajstić information content (AvgIpc) is 3.24. The number of hydrogen-bond acceptors (Lipinski definition) is 4. The molecule has 4 rings (SSSR count). The fraction of sp³-hybridized carbons (Fsp3) is 0.348. The molecule has 1 aromatic heterocycles. The van der Waals surface area contributed by atoms with Crippen molar-refractivity contribution in [3.63, 3.8) is 0 Å². The third-order valence-corrected chi connectivity index (χ3v) is 6.20. The second kappa shape index (κ2) is 9.24. The number of benzene rings is 2. The highest BCUT2D eigenvalue weighted by Crippen LogP contribution is 2.33. The summed E-state index contributed by atoms with van der Waals surface area (Å²) in [5.74, 6) is 0.849. The van der Waals surface area contributed by atoms with Crippen molar-refractivity contribution >= 4 is 40.6 Å². The van der Waals surface area contributed by atoms with E-state index in [-0.39, 0.29) is 35.2 Å². The van der Waals surface area contributed by atoms with Crippen molar-refractivity contribution in [1.82, 2.24) is 14.5 Å². The highest BCUT2D eigenvalue weighted by Gasteiger charge is 2.29. The number of likely N-dealkylation sites (tertiary alicyclic amines) is 1. The molecule has 1 saturated heterocycles. The third kappa shape index (κ3) is 4.52. The van der Waals surface area contributed by atoms with Gasteiger partial charge in [-0.1, -0.05) is 23.7 Å². The molecule has 0 aliphatic carbocycles. The first-order valence-corrected chi connectivity index (χ1v) is 11.2. The maximum Gasteiger partial charge on any atom is 0.262 e. The number of nitrogens with zero attached hydrogens (tertiary/aromatic N) is 2. The van der Waals surface area contributed by atoms with E-state index in [1.165, 1.54) is 4.57 Å². The van der Waals surface area contributed by atoms with Crippen molar-refractivity contribution in [2.24, 2.45) is 0 Å². The van der Waals surface area contributed by atoms with Crippen LogP contribution in [0.3, 0.4) is 0 Å². The highest BCUT2D eigenvalue weighted by molar-refractivity contribution is 7.71. The summed E-state index contributed by atoms with van der Waals surface area (Å²) in [6.45, 7) is 3.52. The van der Waals surface area contributed by atoms with E-state index in [0.717, 1.165) is 24.2 Å². The van der Waals surface area contributed by atoms with E-state index < -0.39 is 0 Å². The minimum absolute atomic E-state index is 0.0221. The summed E-state index contributed by atoms with van der Waals surface area (Å²) in [5, 5.41) is 1.03. The average molecular weight is 458 g/mol. The molecular formula is C23H24ClN3O3S. The molecule has 0 spiro atoms. The second-order valence-electron chi connectivity index (χ2n) is 7.57. The van der Waals surface area contributed by atoms with Crippen LogP contribution >= 0.6 is 23.8 Å². The van der Waals surface area contributed by atoms with Gasteiger partial charge in [0.1, 0.15) is 5.75 Å². The molecule has 1 N–H and O–H groups in total. The largest absolute Gasteiger partial charge is 0.494 e. The molecule has 0 bridgehead atoms. The van der Waals surface area contributed by atoms with Crippen molar-refractivity contribution in [2.75, 3.05) is 13.2 Å². The normalized spacial score (nSPS) is 16.1. The van der Waals surface area contributed by atoms with Crippen LogP contribution in [0.15, 0.2) is 47.3 Å². The van der Waals surface area contributed by atoms with Gasteiger partial charge in [-0.05, 0) is 67.9 Å². The zero-order valence-electron chi connectivity index (χ0n) is 17.3. The van der Waals surface area contributed by atoms with Crippen LogP contribution in [0.25, 0.3) is 10.9 Å². The molecule has 0 saturated carbocycles. The number of halogens is 1. The Morgan fingerprint density at radius 2 is 2.03 bits per heavy atom. The standard InChI is InChI=1S/C23H24ClN3O3S/c1-2-30-17-8-5-15(6-9-17)20-4-3-12-26(20)21(28)11-13-27-22(29)18-10-7-16(24)14-19(18)25-23(27)31/h5-10,14,20H,2-4,11-13H2,1H3,(H,25,31)/t20-/m1/s1. The van der Waals surface area contributed by atoms with Gasteiger partial charge in [-0.2, -0.15) is 0 Å². The molecule has 3 aromatic rings. The van der Waals surface area contributed by atoms with E-state index in [0.29, 0.717) is 29.1 Å². The molecular weight excluding hydrogens is 434 g/mol. The van der Waals surface area contributed by atoms with Gasteiger partial charge in [-0.25, -0.2) is 0 Å². The lowest BCUT2D eigenvalue weighted by Gasteiger charge is -2.25. The molecule has 1 aliphatic heterocycles. The number of carbonyl (C=O) groups is 1. The first kappa shape index (κ1) is 21.6. The maximum absolute atomic E-state index is 13.0. The molecule has 162 valence electrons. The summed E-state index contributed by atoms with van der Waals surface area (Å²) in [7, 11) is 0. The van der Waals surface area contributed by atoms with Crippen LogP contribution < -0.4 is 10.3 Å². The SMILES string of the molecule is CCOc1ccc([C@H]2CCCN2C(=O)CCn2c(=S)[nH]c3cc(Cl)ccc3c2=O)cc1. The summed E-state index contributed by atoms with van der Waals surface area (Å²) in [6.07, 6.45) is 2.10. The molecule has 1 atom stereocenters. The van der Waals surface area contributed by atoms with Crippen molar-refractivity contribution in [3.05, 3.63) is 68.2 Å². The first-order chi connectivity index (χ1) is 15.0. The van der Waals surface area contributed by atoms with Crippen molar-refractivity contribution < 1.29 is 9.53 Å². The monoisotopic (exact) mass is 457 g/mol. The predicted octanol–water partition coefficient (Wildman–Crippen LogP) is 4.86. The molecule has 1 fully saturated rings. The van der Waals surface area contributed by atoms with Crippen LogP contribution in [-0.4, -0.2) is 33.5 Å². The number of aromatic nitrogens is 2. The lowest BCUT2D eigenvalue weighted by atomic mass is 10.0. The number of fused-ring (bicyclic) bond motifs is 1. The van der Waals surface area contributed by atoms with E-state index in [2.05, 4.69) is 4.98 Å². The zero-order chi connectivity index (χ0) is 22.0. The van der Waals surface area contributed by atoms with Crippen LogP contribution in [-0.2, 0) is 11.3 Å². The topological polar surface area (TPSA) is 67.3 Å². The Labute approximate surface area is 190 Å². The Kier molecular flexibility index (Phi) is 6.43. The molecule has 2 aromatic carbocycles. The van der Waals surface area contributed by atoms with Gasteiger partial charge >= 0.3 is 0 Å². The third-order valence-electron chi connectivity index (χ3n) is 5.64. The molecule has 1 aliphatic rings. The van der Waals surface area contributed by atoms with Crippen LogP contribution in [0.2, 0.25) is 5.02 Å². The van der Waals surface area contributed by atoms with Crippen LogP contribution in [0.4, 0.5) is 0 Å². The van der Waals surface area contributed by atoms with Gasteiger partial charge in [0.05, 0.1) is 23.6 Å². The fourth-order valence-corrected chi connectivity index (χ4v) is 4.60. The Morgan fingerprint density at radius 3 is 2.77 bits per heavy atom. The van der Waals surface area contributed by atoms with E-state index in [4.69, 9.17) is 28.6 Å². The number of nitrogens with one attached hydrogen (secondary N) is 1. The lowest BCUT2D eigenvalue weighted by Crippen LogP contribution is -2.32. The number of ether oxygens (including phenoxy) is 1. The molecule has 1 amide bonds. The summed E-state index contributed by atoms with van der Waals surface area (Å²) in [5.41, 5.74) is 1.49. The van der Waals surface area contributed by atoms with E-state index in [9.17, 15) is 9.59 Å². The minimum atomic E-state index is -0.215. The second-order valence-corrected chi connectivity index (χ2v) is 8.40. The van der Waals surface area contributed by atoms with E-state index in [1.807, 2.05) is 36.1 Å². The highest BCUT2D eigenvalue weighted by atomic mass is 35.5. The number of hydrogen-bond donors (Lipinski definition) is 1. The molecule has 0 radical (unpaired) electrons. The van der Waals surface area contributed by atoms with Gasteiger partial charge in [0.15, 0.2) is 4.77 Å². The van der Waals surface area contributed by atoms with E-state index >= 15 is 0 Å². The lowest BCUT2D eigenvalue weighted by molar-refractivity contribution is -0.132. The summed E-state index contributed by atoms with van der Waals surface area (Å²) < 4.78 is 7.25. The van der Waals surface area contributed by atoms with Gasteiger partial charge < -0.3 is 14.6 Å². The van der Waals surface area contributed by atoms with Crippen molar-refractivity contribution in [3.8, 4) is 5.75 Å². The molecule has 6 nitrogen and oxygen atoms in total. The van der Waals surface area contributed by atoms with Gasteiger partial charge in [-0.15, -0.1) is 0 Å². The summed E-state index contributed by atoms with van der Waals surface area (Å²) in [4.78, 5) is 30.8. The quantitative estimate of drug-likeness (QED) is 0.536. The van der Waals surface area contributed by atoms with Crippen LogP contribution in [0.5, 0.6) is 5.75 Å². The Morgan fingerprint density at radius 1 is 1.26 bits per heavy atom. The molecule has 0 unspecified atom stereocenters. The molecule has 31 heavy (non-hydrogen) atoms. The van der Waals surface area contributed by atoms with Crippen LogP contribution in [0.1, 0.15) is 37.8 Å². The minimum Gasteiger partial charge on any atom is -0.494 e. The number of H-pyrrole nitrogens is 1. The first-order valence-electron chi connectivity index (χ1n) is 10.4. The predicted molar refractivity (Wildman–Crippen MR) is 124 cm³/mol. The summed E-state index contributed by atoms with van der Waals surface area (Å²) >= 11 is 11.4. The molecule has 2 heterocycles. The number of rotatable bonds is 6. The van der Waals surface area contributed by atoms with E-state index in [1.54, 1.807) is 18.2 Å². The van der Waals surface area contributed by atoms with Crippen LogP contribution in [0, 0.1) is 4.77 Å². The van der Waals surface area contributed by atoms with Gasteiger partial charge in [0.2, 0.25) is 5.91 Å². The van der Waals surface area contributed by atoms with Gasteiger partial charge in [-0.3, -0.25) is 14.2 Å². The fourth-order valence-electron chi connectivity index (χ4n) is 4.15.